The number of nitrogens with zero attached hydrogens (tertiary/aromatic N) is 1. The minimum Gasteiger partial charge on any atom is -0.457 e. The Bertz CT molecular complexity index is 1360. The molecule has 1 heterocycles. The van der Waals surface area contributed by atoms with E-state index in [9.17, 15) is 4.79 Å². The first-order chi connectivity index (χ1) is 14.8. The lowest BCUT2D eigenvalue weighted by atomic mass is 10.0. The first-order valence-corrected chi connectivity index (χ1v) is 9.69. The Morgan fingerprint density at radius 2 is 1.60 bits per heavy atom. The van der Waals surface area contributed by atoms with Crippen LogP contribution in [0, 0.1) is 0 Å². The molecule has 0 aliphatic heterocycles. The van der Waals surface area contributed by atoms with Gasteiger partial charge >= 0.3 is 0 Å². The van der Waals surface area contributed by atoms with E-state index in [1.165, 1.54) is 0 Å². The van der Waals surface area contributed by atoms with E-state index in [0.717, 1.165) is 33.1 Å². The van der Waals surface area contributed by atoms with Gasteiger partial charge in [-0.05, 0) is 65.4 Å². The van der Waals surface area contributed by atoms with Crippen LogP contribution in [0.4, 0.5) is 5.69 Å². The number of rotatable bonds is 4. The van der Waals surface area contributed by atoms with E-state index in [1.54, 1.807) is 6.20 Å². The Morgan fingerprint density at radius 1 is 0.767 bits per heavy atom. The van der Waals surface area contributed by atoms with Gasteiger partial charge in [-0.25, -0.2) is 0 Å². The average Bonchev–Trinajstić information content (AvgIpc) is 2.79. The van der Waals surface area contributed by atoms with E-state index in [1.807, 2.05) is 97.1 Å². The first kappa shape index (κ1) is 17.9. The molecule has 0 spiro atoms. The fourth-order valence-electron chi connectivity index (χ4n) is 3.53. The summed E-state index contributed by atoms with van der Waals surface area (Å²) in [4.78, 5) is 17.2. The van der Waals surface area contributed by atoms with Gasteiger partial charge in [0.1, 0.15) is 11.5 Å². The second-order valence-electron chi connectivity index (χ2n) is 6.94. The molecule has 0 bridgehead atoms. The SMILES string of the molecule is O=C(Nc1ccccc1)c1cccc2cc(Oc3ccnc4ccccc34)ccc12. The zero-order valence-corrected chi connectivity index (χ0v) is 16.1. The number of fused-ring (bicyclic) bond motifs is 2. The fourth-order valence-corrected chi connectivity index (χ4v) is 3.53. The number of nitrogens with one attached hydrogen (secondary N) is 1. The third kappa shape index (κ3) is 3.47. The van der Waals surface area contributed by atoms with Crippen LogP contribution in [0.15, 0.2) is 103 Å². The normalized spacial score (nSPS) is 10.8. The molecule has 4 heteroatoms. The molecular formula is C26H18N2O2. The van der Waals surface area contributed by atoms with E-state index in [-0.39, 0.29) is 5.91 Å². The number of benzene rings is 4. The highest BCUT2D eigenvalue weighted by atomic mass is 16.5. The van der Waals surface area contributed by atoms with Gasteiger partial charge in [-0.1, -0.05) is 42.5 Å². The van der Waals surface area contributed by atoms with E-state index < -0.39 is 0 Å². The summed E-state index contributed by atoms with van der Waals surface area (Å²) < 4.78 is 6.16. The number of pyridine rings is 1. The summed E-state index contributed by atoms with van der Waals surface area (Å²) in [6.07, 6.45) is 1.74. The Morgan fingerprint density at radius 3 is 2.50 bits per heavy atom. The van der Waals surface area contributed by atoms with Crippen LogP contribution in [-0.4, -0.2) is 10.9 Å². The van der Waals surface area contributed by atoms with Crippen LogP contribution in [-0.2, 0) is 0 Å². The van der Waals surface area contributed by atoms with Crippen molar-refractivity contribution in [2.45, 2.75) is 0 Å². The minimum absolute atomic E-state index is 0.138. The van der Waals surface area contributed by atoms with Crippen molar-refractivity contribution in [3.8, 4) is 11.5 Å². The quantitative estimate of drug-likeness (QED) is 0.384. The molecule has 0 saturated heterocycles. The fraction of sp³-hybridized carbons (Fsp3) is 0. The van der Waals surface area contributed by atoms with Crippen molar-refractivity contribution in [3.05, 3.63) is 109 Å². The molecule has 0 radical (unpaired) electrons. The van der Waals surface area contributed by atoms with Crippen molar-refractivity contribution in [2.24, 2.45) is 0 Å². The summed E-state index contributed by atoms with van der Waals surface area (Å²) in [6.45, 7) is 0. The number of carbonyl (C=O) groups excluding carboxylic acids is 1. The molecule has 0 aliphatic carbocycles. The van der Waals surface area contributed by atoms with Gasteiger partial charge in [-0.2, -0.15) is 0 Å². The van der Waals surface area contributed by atoms with Gasteiger partial charge in [-0.15, -0.1) is 0 Å². The zero-order valence-electron chi connectivity index (χ0n) is 16.1. The van der Waals surface area contributed by atoms with Gasteiger partial charge in [0.15, 0.2) is 0 Å². The largest absolute Gasteiger partial charge is 0.457 e. The molecule has 4 nitrogen and oxygen atoms in total. The maximum Gasteiger partial charge on any atom is 0.256 e. The lowest BCUT2D eigenvalue weighted by Gasteiger charge is -2.11. The molecule has 0 aliphatic rings. The number of hydrogen-bond acceptors (Lipinski definition) is 3. The third-order valence-electron chi connectivity index (χ3n) is 4.97. The molecule has 4 aromatic carbocycles. The predicted octanol–water partition coefficient (Wildman–Crippen LogP) is 6.43. The highest BCUT2D eigenvalue weighted by molar-refractivity contribution is 6.13. The summed E-state index contributed by atoms with van der Waals surface area (Å²) in [5.41, 5.74) is 2.27. The van der Waals surface area contributed by atoms with Crippen molar-refractivity contribution >= 4 is 33.3 Å². The van der Waals surface area contributed by atoms with Gasteiger partial charge in [0.05, 0.1) is 5.52 Å². The van der Waals surface area contributed by atoms with Crippen LogP contribution < -0.4 is 10.1 Å². The number of para-hydroxylation sites is 2. The van der Waals surface area contributed by atoms with Crippen LogP contribution in [0.3, 0.4) is 0 Å². The Kier molecular flexibility index (Phi) is 4.58. The third-order valence-corrected chi connectivity index (χ3v) is 4.97. The highest BCUT2D eigenvalue weighted by Gasteiger charge is 2.11. The molecule has 30 heavy (non-hydrogen) atoms. The predicted molar refractivity (Wildman–Crippen MR) is 120 cm³/mol. The van der Waals surface area contributed by atoms with E-state index >= 15 is 0 Å². The average molecular weight is 390 g/mol. The second kappa shape index (κ2) is 7.68. The summed E-state index contributed by atoms with van der Waals surface area (Å²) in [5.74, 6) is 1.32. The summed E-state index contributed by atoms with van der Waals surface area (Å²) in [6, 6.07) is 30.6. The summed E-state index contributed by atoms with van der Waals surface area (Å²) in [7, 11) is 0. The molecule has 0 fully saturated rings. The smallest absolute Gasteiger partial charge is 0.256 e. The second-order valence-corrected chi connectivity index (χ2v) is 6.94. The minimum atomic E-state index is -0.138. The molecule has 1 aromatic heterocycles. The molecule has 0 unspecified atom stereocenters. The molecule has 5 rings (SSSR count). The molecule has 1 amide bonds. The number of amides is 1. The number of carbonyl (C=O) groups is 1. The van der Waals surface area contributed by atoms with Crippen LogP contribution in [0.25, 0.3) is 21.7 Å². The lowest BCUT2D eigenvalue weighted by molar-refractivity contribution is 0.102. The molecule has 0 saturated carbocycles. The van der Waals surface area contributed by atoms with Crippen molar-refractivity contribution in [1.82, 2.24) is 4.98 Å². The van der Waals surface area contributed by atoms with Gasteiger partial charge in [0.25, 0.3) is 5.91 Å². The maximum absolute atomic E-state index is 12.8. The maximum atomic E-state index is 12.8. The van der Waals surface area contributed by atoms with E-state index in [2.05, 4.69) is 10.3 Å². The van der Waals surface area contributed by atoms with Crippen molar-refractivity contribution < 1.29 is 9.53 Å². The van der Waals surface area contributed by atoms with Gasteiger partial charge in [0, 0.05) is 22.8 Å². The van der Waals surface area contributed by atoms with Crippen LogP contribution in [0.1, 0.15) is 10.4 Å². The number of ether oxygens (including phenoxy) is 1. The lowest BCUT2D eigenvalue weighted by Crippen LogP contribution is -2.12. The molecule has 5 aromatic rings. The molecule has 144 valence electrons. The van der Waals surface area contributed by atoms with Crippen molar-refractivity contribution in [3.63, 3.8) is 0 Å². The monoisotopic (exact) mass is 390 g/mol. The first-order valence-electron chi connectivity index (χ1n) is 9.69. The topological polar surface area (TPSA) is 51.2 Å². The van der Waals surface area contributed by atoms with Crippen LogP contribution in [0.5, 0.6) is 11.5 Å². The number of anilines is 1. The zero-order chi connectivity index (χ0) is 20.3. The van der Waals surface area contributed by atoms with Gasteiger partial charge in [-0.3, -0.25) is 9.78 Å². The molecule has 1 N–H and O–H groups in total. The van der Waals surface area contributed by atoms with Gasteiger partial charge < -0.3 is 10.1 Å². The van der Waals surface area contributed by atoms with E-state index in [4.69, 9.17) is 4.74 Å². The molecule has 0 atom stereocenters. The standard InChI is InChI=1S/C26H18N2O2/c29-26(28-19-8-2-1-3-9-19)22-11-6-7-18-17-20(13-14-21(18)22)30-25-15-16-27-24-12-5-4-10-23(24)25/h1-17H,(H,28,29). The van der Waals surface area contributed by atoms with Crippen LogP contribution in [0.2, 0.25) is 0 Å². The van der Waals surface area contributed by atoms with Crippen LogP contribution >= 0.6 is 0 Å². The highest BCUT2D eigenvalue weighted by Crippen LogP contribution is 2.31. The molecular weight excluding hydrogens is 372 g/mol. The summed E-state index contributed by atoms with van der Waals surface area (Å²) in [5, 5.41) is 5.71. The number of aromatic nitrogens is 1. The Labute approximate surface area is 173 Å². The summed E-state index contributed by atoms with van der Waals surface area (Å²) >= 11 is 0. The van der Waals surface area contributed by atoms with Crippen molar-refractivity contribution in [2.75, 3.05) is 5.32 Å². The van der Waals surface area contributed by atoms with Crippen molar-refractivity contribution in [1.29, 1.82) is 0 Å². The number of hydrogen-bond donors (Lipinski definition) is 1. The van der Waals surface area contributed by atoms with E-state index in [0.29, 0.717) is 11.3 Å². The van der Waals surface area contributed by atoms with Gasteiger partial charge in [0.2, 0.25) is 0 Å². The Balaban J connectivity index is 1.47. The Hall–Kier alpha value is -4.18.